The number of nitriles is 1. The molecule has 0 radical (unpaired) electrons. The molecule has 3 nitrogen and oxygen atoms in total. The van der Waals surface area contributed by atoms with Crippen molar-refractivity contribution in [2.45, 2.75) is 31.8 Å². The van der Waals surface area contributed by atoms with Gasteiger partial charge in [-0.15, -0.1) is 0 Å². The van der Waals surface area contributed by atoms with Crippen LogP contribution < -0.4 is 0 Å². The second-order valence-corrected chi connectivity index (χ2v) is 3.38. The Morgan fingerprint density at radius 3 is 2.92 bits per heavy atom. The van der Waals surface area contributed by atoms with E-state index in [0.717, 1.165) is 12.8 Å². The highest BCUT2D eigenvalue weighted by molar-refractivity contribution is 5.00. The van der Waals surface area contributed by atoms with Gasteiger partial charge in [-0.1, -0.05) is 13.3 Å². The SMILES string of the molecule is CCCC(C#N)C1(O)CCOC1. The highest BCUT2D eigenvalue weighted by Crippen LogP contribution is 2.29. The van der Waals surface area contributed by atoms with Crippen LogP contribution in [0.4, 0.5) is 0 Å². The summed E-state index contributed by atoms with van der Waals surface area (Å²) in [6, 6.07) is 2.16. The quantitative estimate of drug-likeness (QED) is 0.687. The third kappa shape index (κ3) is 1.77. The van der Waals surface area contributed by atoms with Crippen molar-refractivity contribution in [1.29, 1.82) is 5.26 Å². The molecule has 1 N–H and O–H groups in total. The maximum absolute atomic E-state index is 9.93. The number of nitrogens with zero attached hydrogens (tertiary/aromatic N) is 1. The molecule has 0 aliphatic carbocycles. The molecule has 1 saturated heterocycles. The molecule has 3 heteroatoms. The highest BCUT2D eigenvalue weighted by Gasteiger charge is 2.39. The fraction of sp³-hybridized carbons (Fsp3) is 0.889. The Balaban J connectivity index is 2.58. The van der Waals surface area contributed by atoms with Crippen LogP contribution in [0, 0.1) is 17.2 Å². The largest absolute Gasteiger partial charge is 0.386 e. The molecule has 1 aliphatic heterocycles. The standard InChI is InChI=1S/C9H15NO2/c1-2-3-8(6-10)9(11)4-5-12-7-9/h8,11H,2-5,7H2,1H3. The second-order valence-electron chi connectivity index (χ2n) is 3.38. The summed E-state index contributed by atoms with van der Waals surface area (Å²) in [7, 11) is 0. The van der Waals surface area contributed by atoms with Gasteiger partial charge in [0.15, 0.2) is 0 Å². The van der Waals surface area contributed by atoms with E-state index >= 15 is 0 Å². The molecule has 0 amide bonds. The van der Waals surface area contributed by atoms with Crippen LogP contribution in [0.2, 0.25) is 0 Å². The lowest BCUT2D eigenvalue weighted by Gasteiger charge is -2.25. The molecule has 0 aromatic rings. The molecule has 12 heavy (non-hydrogen) atoms. The molecule has 1 heterocycles. The molecule has 2 unspecified atom stereocenters. The van der Waals surface area contributed by atoms with Gasteiger partial charge in [0, 0.05) is 13.0 Å². The van der Waals surface area contributed by atoms with Crippen LogP contribution in [0.1, 0.15) is 26.2 Å². The topological polar surface area (TPSA) is 53.2 Å². The Labute approximate surface area is 73.0 Å². The Kier molecular flexibility index (Phi) is 3.07. The van der Waals surface area contributed by atoms with Gasteiger partial charge in [0.2, 0.25) is 0 Å². The van der Waals surface area contributed by atoms with Crippen molar-refractivity contribution in [3.05, 3.63) is 0 Å². The summed E-state index contributed by atoms with van der Waals surface area (Å²) in [5.74, 6) is -0.259. The zero-order valence-electron chi connectivity index (χ0n) is 7.42. The van der Waals surface area contributed by atoms with E-state index in [2.05, 4.69) is 6.07 Å². The van der Waals surface area contributed by atoms with Gasteiger partial charge in [-0.2, -0.15) is 5.26 Å². The molecular formula is C9H15NO2. The molecule has 0 saturated carbocycles. The van der Waals surface area contributed by atoms with E-state index in [1.807, 2.05) is 6.92 Å². The van der Waals surface area contributed by atoms with Gasteiger partial charge in [-0.05, 0) is 6.42 Å². The van der Waals surface area contributed by atoms with Crippen molar-refractivity contribution >= 4 is 0 Å². The summed E-state index contributed by atoms with van der Waals surface area (Å²) in [5, 5.41) is 18.8. The van der Waals surface area contributed by atoms with Gasteiger partial charge in [0.1, 0.15) is 5.60 Å². The molecule has 1 fully saturated rings. The number of hydrogen-bond donors (Lipinski definition) is 1. The zero-order valence-corrected chi connectivity index (χ0v) is 7.42. The summed E-state index contributed by atoms with van der Waals surface area (Å²) in [4.78, 5) is 0. The van der Waals surface area contributed by atoms with E-state index in [1.165, 1.54) is 0 Å². The third-order valence-corrected chi connectivity index (χ3v) is 2.41. The van der Waals surface area contributed by atoms with Gasteiger partial charge >= 0.3 is 0 Å². The smallest absolute Gasteiger partial charge is 0.106 e. The molecule has 68 valence electrons. The molecular weight excluding hydrogens is 154 g/mol. The maximum atomic E-state index is 9.93. The third-order valence-electron chi connectivity index (χ3n) is 2.41. The summed E-state index contributed by atoms with van der Waals surface area (Å²) in [6.45, 7) is 2.92. The van der Waals surface area contributed by atoms with Gasteiger partial charge in [-0.25, -0.2) is 0 Å². The molecule has 0 aromatic heterocycles. The summed E-state index contributed by atoms with van der Waals surface area (Å²) in [6.07, 6.45) is 2.29. The lowest BCUT2D eigenvalue weighted by atomic mass is 9.85. The summed E-state index contributed by atoms with van der Waals surface area (Å²) >= 11 is 0. The maximum Gasteiger partial charge on any atom is 0.106 e. The molecule has 1 rings (SSSR count). The van der Waals surface area contributed by atoms with E-state index in [9.17, 15) is 5.11 Å². The Morgan fingerprint density at radius 1 is 1.75 bits per heavy atom. The minimum absolute atomic E-state index is 0.259. The van der Waals surface area contributed by atoms with E-state index in [-0.39, 0.29) is 5.92 Å². The van der Waals surface area contributed by atoms with Crippen molar-refractivity contribution in [2.75, 3.05) is 13.2 Å². The lowest BCUT2D eigenvalue weighted by molar-refractivity contribution is -0.00902. The lowest BCUT2D eigenvalue weighted by Crippen LogP contribution is -2.37. The Bertz CT molecular complexity index is 179. The minimum Gasteiger partial charge on any atom is -0.386 e. The van der Waals surface area contributed by atoms with Gasteiger partial charge in [0.05, 0.1) is 18.6 Å². The summed E-state index contributed by atoms with van der Waals surface area (Å²) < 4.78 is 5.09. The van der Waals surface area contributed by atoms with E-state index in [4.69, 9.17) is 10.00 Å². The number of aliphatic hydroxyl groups is 1. The van der Waals surface area contributed by atoms with Crippen molar-refractivity contribution in [2.24, 2.45) is 5.92 Å². The molecule has 1 aliphatic rings. The van der Waals surface area contributed by atoms with Gasteiger partial charge in [-0.3, -0.25) is 0 Å². The first-order valence-electron chi connectivity index (χ1n) is 4.42. The van der Waals surface area contributed by atoms with Gasteiger partial charge < -0.3 is 9.84 Å². The first-order chi connectivity index (χ1) is 5.73. The van der Waals surface area contributed by atoms with E-state index < -0.39 is 5.60 Å². The summed E-state index contributed by atoms with van der Waals surface area (Å²) in [5.41, 5.74) is -0.870. The second kappa shape index (κ2) is 3.88. The molecule has 0 bridgehead atoms. The van der Waals surface area contributed by atoms with Crippen LogP contribution in [-0.2, 0) is 4.74 Å². The molecule has 0 spiro atoms. The van der Waals surface area contributed by atoms with Crippen LogP contribution in [0.25, 0.3) is 0 Å². The van der Waals surface area contributed by atoms with Crippen molar-refractivity contribution < 1.29 is 9.84 Å². The van der Waals surface area contributed by atoms with Crippen molar-refractivity contribution in [1.82, 2.24) is 0 Å². The minimum atomic E-state index is -0.870. The van der Waals surface area contributed by atoms with Crippen molar-refractivity contribution in [3.8, 4) is 6.07 Å². The molecule has 0 aromatic carbocycles. The number of rotatable bonds is 3. The van der Waals surface area contributed by atoms with E-state index in [0.29, 0.717) is 19.6 Å². The average Bonchev–Trinajstić information content (AvgIpc) is 2.49. The zero-order chi connectivity index (χ0) is 9.03. The fourth-order valence-electron chi connectivity index (χ4n) is 1.59. The first kappa shape index (κ1) is 9.50. The number of hydrogen-bond acceptors (Lipinski definition) is 3. The van der Waals surface area contributed by atoms with Crippen LogP contribution in [-0.4, -0.2) is 23.9 Å². The van der Waals surface area contributed by atoms with Crippen LogP contribution >= 0.6 is 0 Å². The van der Waals surface area contributed by atoms with E-state index in [1.54, 1.807) is 0 Å². The number of ether oxygens (including phenoxy) is 1. The predicted molar refractivity (Wildman–Crippen MR) is 44.4 cm³/mol. The van der Waals surface area contributed by atoms with Crippen LogP contribution in [0.5, 0.6) is 0 Å². The monoisotopic (exact) mass is 169 g/mol. The Morgan fingerprint density at radius 2 is 2.50 bits per heavy atom. The Hall–Kier alpha value is -0.590. The van der Waals surface area contributed by atoms with Gasteiger partial charge in [0.25, 0.3) is 0 Å². The normalized spacial score (nSPS) is 31.4. The van der Waals surface area contributed by atoms with Crippen LogP contribution in [0.15, 0.2) is 0 Å². The predicted octanol–water partition coefficient (Wildman–Crippen LogP) is 1.08. The van der Waals surface area contributed by atoms with Crippen molar-refractivity contribution in [3.63, 3.8) is 0 Å². The molecule has 2 atom stereocenters. The first-order valence-corrected chi connectivity index (χ1v) is 4.42. The highest BCUT2D eigenvalue weighted by atomic mass is 16.5. The van der Waals surface area contributed by atoms with Crippen LogP contribution in [0.3, 0.4) is 0 Å². The fourth-order valence-corrected chi connectivity index (χ4v) is 1.59. The average molecular weight is 169 g/mol.